The van der Waals surface area contributed by atoms with Gasteiger partial charge in [0.25, 0.3) is 0 Å². The van der Waals surface area contributed by atoms with Gasteiger partial charge in [-0.2, -0.15) is 0 Å². The van der Waals surface area contributed by atoms with Gasteiger partial charge in [0.15, 0.2) is 5.16 Å². The molecule has 0 unspecified atom stereocenters. The van der Waals surface area contributed by atoms with Crippen LogP contribution in [0.1, 0.15) is 18.4 Å². The number of carbonyl (C=O) groups excluding carboxylic acids is 1. The Morgan fingerprint density at radius 3 is 2.62 bits per heavy atom. The minimum atomic E-state index is -0.322. The third-order valence-electron chi connectivity index (χ3n) is 4.71. The molecule has 3 heterocycles. The van der Waals surface area contributed by atoms with Crippen LogP contribution in [-0.2, 0) is 12.8 Å². The maximum absolute atomic E-state index is 12.4. The van der Waals surface area contributed by atoms with E-state index in [2.05, 4.69) is 10.1 Å². The molecule has 8 nitrogen and oxygen atoms in total. The molecule has 0 spiro atoms. The van der Waals surface area contributed by atoms with Gasteiger partial charge in [-0.15, -0.1) is 9.94 Å². The smallest absolute Gasteiger partial charge is 0.410 e. The number of aryl methyl sites for hydroxylation is 1. The predicted molar refractivity (Wildman–Crippen MR) is 109 cm³/mol. The zero-order valence-electron chi connectivity index (χ0n) is 16.2. The van der Waals surface area contributed by atoms with E-state index >= 15 is 0 Å². The molecule has 0 aliphatic carbocycles. The second kappa shape index (κ2) is 9.04. The Bertz CT molecular complexity index is 918. The predicted octanol–water partition coefficient (Wildman–Crippen LogP) is 3.00. The fourth-order valence-corrected chi connectivity index (χ4v) is 3.96. The van der Waals surface area contributed by atoms with Gasteiger partial charge in [-0.3, -0.25) is 0 Å². The molecule has 4 rings (SSSR count). The van der Waals surface area contributed by atoms with Crippen molar-refractivity contribution in [2.45, 2.75) is 29.9 Å². The summed E-state index contributed by atoms with van der Waals surface area (Å²) in [5.74, 6) is 1.36. The molecule has 29 heavy (non-hydrogen) atoms. The van der Waals surface area contributed by atoms with Crippen molar-refractivity contribution >= 4 is 17.9 Å². The zero-order valence-corrected chi connectivity index (χ0v) is 17.0. The van der Waals surface area contributed by atoms with Crippen molar-refractivity contribution in [3.05, 3.63) is 60.7 Å². The van der Waals surface area contributed by atoms with Crippen LogP contribution in [0.3, 0.4) is 0 Å². The second-order valence-electron chi connectivity index (χ2n) is 6.82. The number of hydrogen-bond acceptors (Lipinski definition) is 6. The molecule has 0 bridgehead atoms. The number of carbonyl (C=O) groups is 1. The number of imidazole rings is 1. The van der Waals surface area contributed by atoms with Gasteiger partial charge in [0.05, 0.1) is 12.4 Å². The maximum atomic E-state index is 12.4. The molecule has 0 atom stereocenters. The summed E-state index contributed by atoms with van der Waals surface area (Å²) in [6.45, 7) is 1.20. The molecule has 3 aromatic rings. The molecule has 9 heteroatoms. The first-order valence-corrected chi connectivity index (χ1v) is 10.5. The molecule has 1 aliphatic heterocycles. The average molecular weight is 414 g/mol. The Labute approximate surface area is 173 Å². The molecule has 1 amide bonds. The Morgan fingerprint density at radius 1 is 1.17 bits per heavy atom. The first-order chi connectivity index (χ1) is 14.2. The Kier molecular flexibility index (Phi) is 6.04. The minimum absolute atomic E-state index is 0.0504. The summed E-state index contributed by atoms with van der Waals surface area (Å²) in [5.41, 5.74) is 1.15. The largest absolute Gasteiger partial charge is 0.415 e. The van der Waals surface area contributed by atoms with E-state index in [0.29, 0.717) is 18.8 Å². The maximum Gasteiger partial charge on any atom is 0.415 e. The topological polar surface area (TPSA) is 74.4 Å². The number of benzene rings is 1. The standard InChI is InChI=1S/C20H23N5O3S/c1-23-14-10-21-19(23)29-15-16-3-5-17(6-4-16)27-20(26)24-12-7-18(8-13-24)28-25-11-2-9-22-25/h2-6,9-11,14,18H,7-8,12-13,15H2,1H3. The van der Waals surface area contributed by atoms with Crippen molar-refractivity contribution in [2.24, 2.45) is 7.05 Å². The van der Waals surface area contributed by atoms with Gasteiger partial charge in [0.1, 0.15) is 11.9 Å². The van der Waals surface area contributed by atoms with Gasteiger partial charge in [-0.05, 0) is 23.8 Å². The normalized spacial score (nSPS) is 14.7. The van der Waals surface area contributed by atoms with Crippen molar-refractivity contribution in [3.8, 4) is 5.75 Å². The van der Waals surface area contributed by atoms with E-state index in [1.165, 1.54) is 4.85 Å². The van der Waals surface area contributed by atoms with Crippen LogP contribution in [0.25, 0.3) is 0 Å². The summed E-state index contributed by atoms with van der Waals surface area (Å²) in [5, 5.41) is 5.01. The van der Waals surface area contributed by atoms with Crippen LogP contribution in [0.5, 0.6) is 5.75 Å². The monoisotopic (exact) mass is 413 g/mol. The fourth-order valence-electron chi connectivity index (χ4n) is 3.07. The summed E-state index contributed by atoms with van der Waals surface area (Å²) >= 11 is 1.67. The molecular formula is C20H23N5O3S. The lowest BCUT2D eigenvalue weighted by Gasteiger charge is -2.30. The highest BCUT2D eigenvalue weighted by atomic mass is 32.2. The van der Waals surface area contributed by atoms with Gasteiger partial charge in [0, 0.05) is 51.1 Å². The number of ether oxygens (including phenoxy) is 1. The third kappa shape index (κ3) is 5.11. The molecule has 1 fully saturated rings. The molecule has 1 aliphatic rings. The number of hydrogen-bond donors (Lipinski definition) is 0. The molecule has 1 aromatic carbocycles. The fraction of sp³-hybridized carbons (Fsp3) is 0.350. The van der Waals surface area contributed by atoms with E-state index in [1.807, 2.05) is 48.1 Å². The van der Waals surface area contributed by atoms with Gasteiger partial charge in [-0.1, -0.05) is 23.9 Å². The van der Waals surface area contributed by atoms with E-state index in [0.717, 1.165) is 29.3 Å². The zero-order chi connectivity index (χ0) is 20.1. The van der Waals surface area contributed by atoms with Gasteiger partial charge in [0.2, 0.25) is 0 Å². The number of thioether (sulfide) groups is 1. The Hall–Kier alpha value is -2.94. The van der Waals surface area contributed by atoms with E-state index in [9.17, 15) is 4.79 Å². The van der Waals surface area contributed by atoms with Crippen LogP contribution in [0.4, 0.5) is 4.79 Å². The van der Waals surface area contributed by atoms with Crippen molar-refractivity contribution in [1.82, 2.24) is 24.4 Å². The van der Waals surface area contributed by atoms with Gasteiger partial charge >= 0.3 is 6.09 Å². The molecule has 1 saturated heterocycles. The number of piperidine rings is 1. The highest BCUT2D eigenvalue weighted by Gasteiger charge is 2.25. The first-order valence-electron chi connectivity index (χ1n) is 9.50. The number of nitrogens with zero attached hydrogens (tertiary/aromatic N) is 5. The van der Waals surface area contributed by atoms with E-state index in [1.54, 1.807) is 35.3 Å². The van der Waals surface area contributed by atoms with Crippen LogP contribution in [0.2, 0.25) is 0 Å². The highest BCUT2D eigenvalue weighted by Crippen LogP contribution is 2.22. The SMILES string of the molecule is Cn1ccnc1SCc1ccc(OC(=O)N2CCC(On3cccn3)CC2)cc1. The van der Waals surface area contributed by atoms with E-state index < -0.39 is 0 Å². The van der Waals surface area contributed by atoms with Crippen LogP contribution in [0, 0.1) is 0 Å². The van der Waals surface area contributed by atoms with Crippen LogP contribution < -0.4 is 9.57 Å². The summed E-state index contributed by atoms with van der Waals surface area (Å²) in [6.07, 6.45) is 8.38. The average Bonchev–Trinajstić information content (AvgIpc) is 3.39. The molecule has 2 aromatic heterocycles. The number of likely N-dealkylation sites (tertiary alicyclic amines) is 1. The molecule has 0 N–H and O–H groups in total. The summed E-state index contributed by atoms with van der Waals surface area (Å²) in [6, 6.07) is 9.43. The lowest BCUT2D eigenvalue weighted by Crippen LogP contribution is -2.44. The van der Waals surface area contributed by atoms with E-state index in [-0.39, 0.29) is 12.2 Å². The summed E-state index contributed by atoms with van der Waals surface area (Å²) in [4.78, 5) is 25.6. The van der Waals surface area contributed by atoms with Crippen molar-refractivity contribution < 1.29 is 14.4 Å². The molecule has 0 saturated carbocycles. The summed E-state index contributed by atoms with van der Waals surface area (Å²) in [7, 11) is 1.98. The van der Waals surface area contributed by atoms with Crippen LogP contribution in [-0.4, -0.2) is 49.7 Å². The summed E-state index contributed by atoms with van der Waals surface area (Å²) < 4.78 is 7.51. The van der Waals surface area contributed by atoms with Crippen molar-refractivity contribution in [2.75, 3.05) is 13.1 Å². The lowest BCUT2D eigenvalue weighted by atomic mass is 10.1. The highest BCUT2D eigenvalue weighted by molar-refractivity contribution is 7.98. The minimum Gasteiger partial charge on any atom is -0.410 e. The lowest BCUT2D eigenvalue weighted by molar-refractivity contribution is -0.0162. The van der Waals surface area contributed by atoms with E-state index in [4.69, 9.17) is 9.57 Å². The van der Waals surface area contributed by atoms with Gasteiger partial charge in [-0.25, -0.2) is 9.78 Å². The Morgan fingerprint density at radius 2 is 1.97 bits per heavy atom. The van der Waals surface area contributed by atoms with Crippen LogP contribution >= 0.6 is 11.8 Å². The number of aromatic nitrogens is 4. The molecule has 152 valence electrons. The second-order valence-corrected chi connectivity index (χ2v) is 7.76. The molecular weight excluding hydrogens is 390 g/mol. The van der Waals surface area contributed by atoms with Crippen molar-refractivity contribution in [1.29, 1.82) is 0 Å². The quantitative estimate of drug-likeness (QED) is 0.579. The van der Waals surface area contributed by atoms with Crippen LogP contribution in [0.15, 0.2) is 60.3 Å². The van der Waals surface area contributed by atoms with Gasteiger partial charge < -0.3 is 19.0 Å². The molecule has 0 radical (unpaired) electrons. The first kappa shape index (κ1) is 19.4. The Balaban J connectivity index is 1.23. The number of rotatable bonds is 6. The van der Waals surface area contributed by atoms with Crippen molar-refractivity contribution in [3.63, 3.8) is 0 Å². The number of amides is 1. The third-order valence-corrected chi connectivity index (χ3v) is 5.84.